The number of benzene rings is 1. The Labute approximate surface area is 172 Å². The molecule has 1 aliphatic rings. The van der Waals surface area contributed by atoms with Gasteiger partial charge >= 0.3 is 0 Å². The Kier molecular flexibility index (Phi) is 5.03. The van der Waals surface area contributed by atoms with Crippen LogP contribution in [-0.2, 0) is 6.54 Å². The SMILES string of the molecule is COc1cc(N2Cc3cc(-n4ccc(Cl)n4)sc3C2=O)ccc1OCC(C)C. The van der Waals surface area contributed by atoms with E-state index in [1.54, 1.807) is 29.0 Å². The van der Waals surface area contributed by atoms with Crippen molar-refractivity contribution in [3.8, 4) is 16.5 Å². The van der Waals surface area contributed by atoms with Crippen LogP contribution in [0.15, 0.2) is 36.5 Å². The van der Waals surface area contributed by atoms with E-state index in [0.29, 0.717) is 35.7 Å². The van der Waals surface area contributed by atoms with Crippen LogP contribution in [-0.4, -0.2) is 29.4 Å². The molecule has 0 spiro atoms. The highest BCUT2D eigenvalue weighted by molar-refractivity contribution is 7.16. The Hall–Kier alpha value is -2.51. The zero-order valence-electron chi connectivity index (χ0n) is 15.8. The van der Waals surface area contributed by atoms with E-state index in [1.165, 1.54) is 11.3 Å². The lowest BCUT2D eigenvalue weighted by Crippen LogP contribution is -2.23. The molecule has 6 nitrogen and oxygen atoms in total. The van der Waals surface area contributed by atoms with E-state index < -0.39 is 0 Å². The predicted octanol–water partition coefficient (Wildman–Crippen LogP) is 4.79. The first-order chi connectivity index (χ1) is 13.5. The van der Waals surface area contributed by atoms with Crippen LogP contribution in [0.5, 0.6) is 11.5 Å². The van der Waals surface area contributed by atoms with Gasteiger partial charge in [0.1, 0.15) is 5.00 Å². The van der Waals surface area contributed by atoms with Crippen molar-refractivity contribution in [3.05, 3.63) is 52.1 Å². The van der Waals surface area contributed by atoms with E-state index in [4.69, 9.17) is 21.1 Å². The van der Waals surface area contributed by atoms with Crippen molar-refractivity contribution in [1.29, 1.82) is 0 Å². The number of methoxy groups -OCH3 is 1. The van der Waals surface area contributed by atoms with Gasteiger partial charge in [-0.1, -0.05) is 25.4 Å². The molecule has 0 N–H and O–H groups in total. The lowest BCUT2D eigenvalue weighted by atomic mass is 10.2. The van der Waals surface area contributed by atoms with Crippen LogP contribution in [0.3, 0.4) is 0 Å². The number of halogens is 1. The molecular formula is C20H20ClN3O3S. The van der Waals surface area contributed by atoms with Crippen molar-refractivity contribution in [3.63, 3.8) is 0 Å². The molecule has 0 radical (unpaired) electrons. The monoisotopic (exact) mass is 417 g/mol. The van der Waals surface area contributed by atoms with Gasteiger partial charge in [0, 0.05) is 18.0 Å². The average Bonchev–Trinajstić information content (AvgIpc) is 3.36. The fourth-order valence-electron chi connectivity index (χ4n) is 3.02. The standard InChI is InChI=1S/C20H20ClN3O3S/c1-12(2)11-27-15-5-4-14(9-16(15)26-3)23-10-13-8-18(28-19(13)20(23)25)24-7-6-17(21)22-24/h4-9,12H,10-11H2,1-3H3. The summed E-state index contributed by atoms with van der Waals surface area (Å²) in [6.45, 7) is 5.30. The molecule has 0 unspecified atom stereocenters. The van der Waals surface area contributed by atoms with E-state index in [-0.39, 0.29) is 5.91 Å². The summed E-state index contributed by atoms with van der Waals surface area (Å²) in [5, 5.41) is 5.49. The van der Waals surface area contributed by atoms with Gasteiger partial charge in [-0.15, -0.1) is 11.3 Å². The smallest absolute Gasteiger partial charge is 0.269 e. The minimum atomic E-state index is -0.0256. The topological polar surface area (TPSA) is 56.6 Å². The molecule has 0 saturated carbocycles. The van der Waals surface area contributed by atoms with Gasteiger partial charge in [-0.3, -0.25) is 4.79 Å². The van der Waals surface area contributed by atoms with E-state index >= 15 is 0 Å². The number of carbonyl (C=O) groups is 1. The van der Waals surface area contributed by atoms with Crippen LogP contribution in [0.4, 0.5) is 5.69 Å². The Bertz CT molecular complexity index is 1030. The Morgan fingerprint density at radius 3 is 2.71 bits per heavy atom. The molecule has 1 amide bonds. The molecule has 28 heavy (non-hydrogen) atoms. The highest BCUT2D eigenvalue weighted by Gasteiger charge is 2.32. The van der Waals surface area contributed by atoms with Crippen molar-refractivity contribution in [2.75, 3.05) is 18.6 Å². The summed E-state index contributed by atoms with van der Waals surface area (Å²) >= 11 is 7.31. The number of ether oxygens (including phenoxy) is 2. The molecule has 0 saturated heterocycles. The van der Waals surface area contributed by atoms with Crippen molar-refractivity contribution in [2.45, 2.75) is 20.4 Å². The predicted molar refractivity (Wildman–Crippen MR) is 110 cm³/mol. The fraction of sp³-hybridized carbons (Fsp3) is 0.300. The molecule has 1 aliphatic heterocycles. The summed E-state index contributed by atoms with van der Waals surface area (Å²) in [7, 11) is 1.60. The fourth-order valence-corrected chi connectivity index (χ4v) is 4.22. The number of nitrogens with zero attached hydrogens (tertiary/aromatic N) is 3. The number of rotatable bonds is 6. The zero-order chi connectivity index (χ0) is 19.8. The molecule has 0 aliphatic carbocycles. The van der Waals surface area contributed by atoms with Crippen LogP contribution in [0.2, 0.25) is 5.15 Å². The molecule has 0 fully saturated rings. The molecule has 0 atom stereocenters. The minimum Gasteiger partial charge on any atom is -0.493 e. The highest BCUT2D eigenvalue weighted by Crippen LogP contribution is 2.38. The lowest BCUT2D eigenvalue weighted by Gasteiger charge is -2.19. The summed E-state index contributed by atoms with van der Waals surface area (Å²) in [5.74, 6) is 1.69. The summed E-state index contributed by atoms with van der Waals surface area (Å²) in [6, 6.07) is 9.29. The molecule has 3 aromatic rings. The summed E-state index contributed by atoms with van der Waals surface area (Å²) in [6.07, 6.45) is 1.78. The maximum Gasteiger partial charge on any atom is 0.269 e. The quantitative estimate of drug-likeness (QED) is 0.578. The number of fused-ring (bicyclic) bond motifs is 1. The third-order valence-corrected chi connectivity index (χ3v) is 5.73. The molecule has 1 aromatic carbocycles. The first kappa shape index (κ1) is 18.8. The van der Waals surface area contributed by atoms with Crippen LogP contribution >= 0.6 is 22.9 Å². The normalized spacial score (nSPS) is 13.3. The molecule has 3 heterocycles. The number of thiophene rings is 1. The van der Waals surface area contributed by atoms with Crippen molar-refractivity contribution < 1.29 is 14.3 Å². The number of hydrogen-bond donors (Lipinski definition) is 0. The summed E-state index contributed by atoms with van der Waals surface area (Å²) < 4.78 is 13.0. The zero-order valence-corrected chi connectivity index (χ0v) is 17.4. The van der Waals surface area contributed by atoms with Crippen LogP contribution in [0.25, 0.3) is 5.00 Å². The summed E-state index contributed by atoms with van der Waals surface area (Å²) in [5.41, 5.74) is 1.77. The van der Waals surface area contributed by atoms with Gasteiger partial charge in [-0.2, -0.15) is 5.10 Å². The Morgan fingerprint density at radius 1 is 1.25 bits per heavy atom. The maximum atomic E-state index is 13.0. The number of hydrogen-bond acceptors (Lipinski definition) is 5. The average molecular weight is 418 g/mol. The Balaban J connectivity index is 1.57. The third-order valence-electron chi connectivity index (χ3n) is 4.38. The number of aromatic nitrogens is 2. The van der Waals surface area contributed by atoms with Crippen LogP contribution in [0, 0.1) is 5.92 Å². The van der Waals surface area contributed by atoms with Gasteiger partial charge in [0.25, 0.3) is 5.91 Å². The number of anilines is 1. The van der Waals surface area contributed by atoms with Gasteiger partial charge < -0.3 is 14.4 Å². The van der Waals surface area contributed by atoms with E-state index in [2.05, 4.69) is 18.9 Å². The second kappa shape index (κ2) is 7.48. The van der Waals surface area contributed by atoms with Crippen LogP contribution in [0.1, 0.15) is 29.1 Å². The number of amides is 1. The van der Waals surface area contributed by atoms with E-state index in [0.717, 1.165) is 21.1 Å². The molecule has 4 rings (SSSR count). The van der Waals surface area contributed by atoms with Crippen LogP contribution < -0.4 is 14.4 Å². The van der Waals surface area contributed by atoms with Gasteiger partial charge in [0.15, 0.2) is 16.7 Å². The second-order valence-electron chi connectivity index (χ2n) is 6.95. The van der Waals surface area contributed by atoms with Gasteiger partial charge in [-0.05, 0) is 35.7 Å². The largest absolute Gasteiger partial charge is 0.493 e. The lowest BCUT2D eigenvalue weighted by molar-refractivity contribution is 0.1000. The Morgan fingerprint density at radius 2 is 2.07 bits per heavy atom. The van der Waals surface area contributed by atoms with Crippen molar-refractivity contribution >= 4 is 34.5 Å². The molecule has 0 bridgehead atoms. The first-order valence-electron chi connectivity index (χ1n) is 8.93. The van der Waals surface area contributed by atoms with Gasteiger partial charge in [-0.25, -0.2) is 4.68 Å². The summed E-state index contributed by atoms with van der Waals surface area (Å²) in [4.78, 5) is 15.4. The van der Waals surface area contributed by atoms with Gasteiger partial charge in [0.2, 0.25) is 0 Å². The second-order valence-corrected chi connectivity index (χ2v) is 8.37. The van der Waals surface area contributed by atoms with E-state index in [1.807, 2.05) is 24.3 Å². The highest BCUT2D eigenvalue weighted by atomic mass is 35.5. The third kappa shape index (κ3) is 3.47. The minimum absolute atomic E-state index is 0.0256. The van der Waals surface area contributed by atoms with Crippen molar-refractivity contribution in [2.24, 2.45) is 5.92 Å². The van der Waals surface area contributed by atoms with Crippen molar-refractivity contribution in [1.82, 2.24) is 9.78 Å². The molecule has 2 aromatic heterocycles. The van der Waals surface area contributed by atoms with E-state index in [9.17, 15) is 4.79 Å². The molecule has 146 valence electrons. The number of carbonyl (C=O) groups excluding carboxylic acids is 1. The first-order valence-corrected chi connectivity index (χ1v) is 10.1. The maximum absolute atomic E-state index is 13.0. The molecular weight excluding hydrogens is 398 g/mol. The van der Waals surface area contributed by atoms with Gasteiger partial charge in [0.05, 0.1) is 25.1 Å². The molecule has 8 heteroatoms.